The van der Waals surface area contributed by atoms with Crippen LogP contribution in [0.3, 0.4) is 0 Å². The highest BCUT2D eigenvalue weighted by atomic mass is 35.5. The Kier molecular flexibility index (Phi) is 5.07. The standard InChI is InChI=1S/C18H16Cl2N2O2/c19-14-7-4-8-15(17(14)20)22-11-13(9-16(22)23)18(24)21-10-12-5-2-1-3-6-12/h1-8,13H,9-11H2,(H,21,24). The van der Waals surface area contributed by atoms with E-state index >= 15 is 0 Å². The van der Waals surface area contributed by atoms with Gasteiger partial charge in [0, 0.05) is 19.5 Å². The molecule has 3 rings (SSSR count). The molecule has 2 aromatic rings. The Hall–Kier alpha value is -2.04. The van der Waals surface area contributed by atoms with E-state index in [1.807, 2.05) is 30.3 Å². The smallest absolute Gasteiger partial charge is 0.227 e. The van der Waals surface area contributed by atoms with Gasteiger partial charge >= 0.3 is 0 Å². The summed E-state index contributed by atoms with van der Waals surface area (Å²) < 4.78 is 0. The fourth-order valence-corrected chi connectivity index (χ4v) is 3.14. The fraction of sp³-hybridized carbons (Fsp3) is 0.222. The van der Waals surface area contributed by atoms with Crippen LogP contribution >= 0.6 is 23.2 Å². The molecule has 24 heavy (non-hydrogen) atoms. The van der Waals surface area contributed by atoms with Gasteiger partial charge in [0.1, 0.15) is 0 Å². The van der Waals surface area contributed by atoms with E-state index in [4.69, 9.17) is 23.2 Å². The number of hydrogen-bond acceptors (Lipinski definition) is 2. The summed E-state index contributed by atoms with van der Waals surface area (Å²) in [4.78, 5) is 26.1. The number of halogens is 2. The average molecular weight is 363 g/mol. The number of anilines is 1. The molecule has 2 amide bonds. The predicted molar refractivity (Wildman–Crippen MR) is 95.2 cm³/mol. The summed E-state index contributed by atoms with van der Waals surface area (Å²) in [6.07, 6.45) is 0.170. The summed E-state index contributed by atoms with van der Waals surface area (Å²) >= 11 is 12.2. The van der Waals surface area contributed by atoms with Crippen LogP contribution in [0.2, 0.25) is 10.0 Å². The Morgan fingerprint density at radius 1 is 1.12 bits per heavy atom. The van der Waals surface area contributed by atoms with Crippen molar-refractivity contribution < 1.29 is 9.59 Å². The third kappa shape index (κ3) is 3.55. The van der Waals surface area contributed by atoms with E-state index in [-0.39, 0.29) is 18.2 Å². The van der Waals surface area contributed by atoms with Crippen LogP contribution in [0.25, 0.3) is 0 Å². The molecule has 0 saturated carbocycles. The van der Waals surface area contributed by atoms with Crippen LogP contribution < -0.4 is 10.2 Å². The maximum Gasteiger partial charge on any atom is 0.227 e. The molecule has 2 aromatic carbocycles. The quantitative estimate of drug-likeness (QED) is 0.901. The molecule has 6 heteroatoms. The maximum absolute atomic E-state index is 12.3. The minimum absolute atomic E-state index is 0.126. The SMILES string of the molecule is O=C(NCc1ccccc1)C1CC(=O)N(c2cccc(Cl)c2Cl)C1. The van der Waals surface area contributed by atoms with Crippen LogP contribution in [0.1, 0.15) is 12.0 Å². The van der Waals surface area contributed by atoms with E-state index < -0.39 is 5.92 Å². The van der Waals surface area contributed by atoms with Crippen LogP contribution in [0.15, 0.2) is 48.5 Å². The monoisotopic (exact) mass is 362 g/mol. The Bertz CT molecular complexity index is 765. The molecule has 1 aliphatic heterocycles. The zero-order valence-corrected chi connectivity index (χ0v) is 14.3. The molecule has 0 bridgehead atoms. The number of nitrogens with zero attached hydrogens (tertiary/aromatic N) is 1. The first-order chi connectivity index (χ1) is 11.6. The van der Waals surface area contributed by atoms with Gasteiger partial charge in [-0.15, -0.1) is 0 Å². The highest BCUT2D eigenvalue weighted by Gasteiger charge is 2.36. The summed E-state index contributed by atoms with van der Waals surface area (Å²) in [5.74, 6) is -0.650. The van der Waals surface area contributed by atoms with E-state index in [1.54, 1.807) is 18.2 Å². The van der Waals surface area contributed by atoms with Gasteiger partial charge in [0.2, 0.25) is 11.8 Å². The van der Waals surface area contributed by atoms with Gasteiger partial charge in [-0.1, -0.05) is 59.6 Å². The van der Waals surface area contributed by atoms with Crippen LogP contribution in [0.5, 0.6) is 0 Å². The number of benzene rings is 2. The average Bonchev–Trinajstić information content (AvgIpc) is 2.98. The molecule has 0 aromatic heterocycles. The number of rotatable bonds is 4. The Morgan fingerprint density at radius 3 is 2.62 bits per heavy atom. The second kappa shape index (κ2) is 7.24. The van der Waals surface area contributed by atoms with E-state index in [1.165, 1.54) is 4.90 Å². The van der Waals surface area contributed by atoms with Crippen molar-refractivity contribution in [1.82, 2.24) is 5.32 Å². The molecule has 0 radical (unpaired) electrons. The lowest BCUT2D eigenvalue weighted by atomic mass is 10.1. The highest BCUT2D eigenvalue weighted by Crippen LogP contribution is 2.35. The molecule has 1 N–H and O–H groups in total. The van der Waals surface area contributed by atoms with Crippen molar-refractivity contribution >= 4 is 40.7 Å². The van der Waals surface area contributed by atoms with Crippen molar-refractivity contribution in [1.29, 1.82) is 0 Å². The van der Waals surface area contributed by atoms with Crippen molar-refractivity contribution in [3.05, 3.63) is 64.1 Å². The first-order valence-electron chi connectivity index (χ1n) is 7.62. The van der Waals surface area contributed by atoms with Gasteiger partial charge in [0.25, 0.3) is 0 Å². The van der Waals surface area contributed by atoms with Crippen molar-refractivity contribution in [3.8, 4) is 0 Å². The molecule has 124 valence electrons. The zero-order valence-electron chi connectivity index (χ0n) is 12.8. The van der Waals surface area contributed by atoms with Gasteiger partial charge in [-0.05, 0) is 17.7 Å². The normalized spacial score (nSPS) is 17.2. The van der Waals surface area contributed by atoms with E-state index in [0.717, 1.165) is 5.56 Å². The highest BCUT2D eigenvalue weighted by molar-refractivity contribution is 6.44. The summed E-state index contributed by atoms with van der Waals surface area (Å²) in [6, 6.07) is 14.8. The summed E-state index contributed by atoms with van der Waals surface area (Å²) in [5, 5.41) is 3.60. The number of carbonyl (C=O) groups excluding carboxylic acids is 2. The van der Waals surface area contributed by atoms with E-state index in [0.29, 0.717) is 28.8 Å². The van der Waals surface area contributed by atoms with Crippen molar-refractivity contribution in [3.63, 3.8) is 0 Å². The second-order valence-electron chi connectivity index (χ2n) is 5.68. The lowest BCUT2D eigenvalue weighted by Gasteiger charge is -2.18. The molecule has 1 fully saturated rings. The molecule has 1 atom stereocenters. The van der Waals surface area contributed by atoms with Crippen LogP contribution in [-0.2, 0) is 16.1 Å². The second-order valence-corrected chi connectivity index (χ2v) is 6.47. The molecular weight excluding hydrogens is 347 g/mol. The zero-order chi connectivity index (χ0) is 17.1. The van der Waals surface area contributed by atoms with Gasteiger partial charge in [0.05, 0.1) is 21.7 Å². The Balaban J connectivity index is 1.66. The largest absolute Gasteiger partial charge is 0.352 e. The molecule has 1 unspecified atom stereocenters. The molecule has 1 heterocycles. The molecule has 0 spiro atoms. The third-order valence-corrected chi connectivity index (χ3v) is 4.84. The molecule has 0 aliphatic carbocycles. The first kappa shape index (κ1) is 16.8. The molecule has 1 saturated heterocycles. The topological polar surface area (TPSA) is 49.4 Å². The number of amides is 2. The molecule has 4 nitrogen and oxygen atoms in total. The van der Waals surface area contributed by atoms with Crippen molar-refractivity contribution in [2.75, 3.05) is 11.4 Å². The van der Waals surface area contributed by atoms with E-state index in [2.05, 4.69) is 5.32 Å². The van der Waals surface area contributed by atoms with Crippen LogP contribution in [0, 0.1) is 5.92 Å². The maximum atomic E-state index is 12.3. The van der Waals surface area contributed by atoms with Crippen molar-refractivity contribution in [2.24, 2.45) is 5.92 Å². The van der Waals surface area contributed by atoms with Crippen LogP contribution in [-0.4, -0.2) is 18.4 Å². The number of hydrogen-bond donors (Lipinski definition) is 1. The fourth-order valence-electron chi connectivity index (χ4n) is 2.75. The van der Waals surface area contributed by atoms with Gasteiger partial charge in [0.15, 0.2) is 0 Å². The Morgan fingerprint density at radius 2 is 1.88 bits per heavy atom. The third-order valence-electron chi connectivity index (χ3n) is 4.03. The van der Waals surface area contributed by atoms with Gasteiger partial charge < -0.3 is 10.2 Å². The lowest BCUT2D eigenvalue weighted by molar-refractivity contribution is -0.126. The Labute approximate surface area is 150 Å². The van der Waals surface area contributed by atoms with Crippen molar-refractivity contribution in [2.45, 2.75) is 13.0 Å². The van der Waals surface area contributed by atoms with Gasteiger partial charge in [-0.3, -0.25) is 9.59 Å². The summed E-state index contributed by atoms with van der Waals surface area (Å²) in [6.45, 7) is 0.752. The predicted octanol–water partition coefficient (Wildman–Crippen LogP) is 3.66. The molecule has 1 aliphatic rings. The summed E-state index contributed by atoms with van der Waals surface area (Å²) in [7, 11) is 0. The van der Waals surface area contributed by atoms with E-state index in [9.17, 15) is 9.59 Å². The molecular formula is C18H16Cl2N2O2. The number of nitrogens with one attached hydrogen (secondary N) is 1. The minimum atomic E-state index is -0.392. The lowest BCUT2D eigenvalue weighted by Crippen LogP contribution is -2.32. The first-order valence-corrected chi connectivity index (χ1v) is 8.38. The minimum Gasteiger partial charge on any atom is -0.352 e. The van der Waals surface area contributed by atoms with Gasteiger partial charge in [-0.25, -0.2) is 0 Å². The number of carbonyl (C=O) groups is 2. The van der Waals surface area contributed by atoms with Crippen LogP contribution in [0.4, 0.5) is 5.69 Å². The van der Waals surface area contributed by atoms with Gasteiger partial charge in [-0.2, -0.15) is 0 Å². The summed E-state index contributed by atoms with van der Waals surface area (Å²) in [5.41, 5.74) is 1.57.